The van der Waals surface area contributed by atoms with E-state index in [1.54, 1.807) is 18.3 Å². The summed E-state index contributed by atoms with van der Waals surface area (Å²) in [6, 6.07) is 6.81. The smallest absolute Gasteiger partial charge is 0.305 e. The molecular weight excluding hydrogens is 221 g/mol. The summed E-state index contributed by atoms with van der Waals surface area (Å²) in [6.45, 7) is 0. The number of ether oxygens (including phenoxy) is 1. The molecule has 0 fully saturated rings. The van der Waals surface area contributed by atoms with Gasteiger partial charge in [-0.1, -0.05) is 6.07 Å². The fourth-order valence-electron chi connectivity index (χ4n) is 1.70. The third-order valence-electron chi connectivity index (χ3n) is 2.56. The molecule has 1 aromatic heterocycles. The summed E-state index contributed by atoms with van der Waals surface area (Å²) in [6.07, 6.45) is 2.27. The summed E-state index contributed by atoms with van der Waals surface area (Å²) in [5.41, 5.74) is 1.13. The SMILES string of the molecule is COC(=O)CCc1cc(F)c2ncccc2c1. The number of esters is 1. The molecule has 0 saturated carbocycles. The lowest BCUT2D eigenvalue weighted by atomic mass is 10.1. The number of rotatable bonds is 3. The Bertz CT molecular complexity index is 554. The van der Waals surface area contributed by atoms with Crippen LogP contribution < -0.4 is 0 Å². The quantitative estimate of drug-likeness (QED) is 0.764. The van der Waals surface area contributed by atoms with Gasteiger partial charge < -0.3 is 4.74 Å². The number of carbonyl (C=O) groups excluding carboxylic acids is 1. The number of aryl methyl sites for hydroxylation is 1. The Morgan fingerprint density at radius 3 is 3.06 bits per heavy atom. The lowest BCUT2D eigenvalue weighted by Gasteiger charge is -2.04. The normalized spacial score (nSPS) is 10.5. The number of hydrogen-bond acceptors (Lipinski definition) is 3. The van der Waals surface area contributed by atoms with Crippen molar-refractivity contribution < 1.29 is 13.9 Å². The number of carbonyl (C=O) groups is 1. The zero-order valence-electron chi connectivity index (χ0n) is 9.44. The summed E-state index contributed by atoms with van der Waals surface area (Å²) in [4.78, 5) is 15.0. The van der Waals surface area contributed by atoms with Gasteiger partial charge in [-0.2, -0.15) is 0 Å². The van der Waals surface area contributed by atoms with Gasteiger partial charge in [-0.25, -0.2) is 4.39 Å². The van der Waals surface area contributed by atoms with E-state index in [0.717, 1.165) is 10.9 Å². The average Bonchev–Trinajstić information content (AvgIpc) is 2.36. The first kappa shape index (κ1) is 11.5. The van der Waals surface area contributed by atoms with E-state index in [9.17, 15) is 9.18 Å². The molecule has 1 heterocycles. The van der Waals surface area contributed by atoms with E-state index < -0.39 is 0 Å². The van der Waals surface area contributed by atoms with Crippen LogP contribution in [0.3, 0.4) is 0 Å². The van der Waals surface area contributed by atoms with Gasteiger partial charge in [0.25, 0.3) is 0 Å². The van der Waals surface area contributed by atoms with Crippen molar-refractivity contribution in [2.45, 2.75) is 12.8 Å². The molecule has 88 valence electrons. The predicted molar refractivity (Wildman–Crippen MR) is 62.0 cm³/mol. The number of benzene rings is 1. The van der Waals surface area contributed by atoms with Crippen molar-refractivity contribution in [3.63, 3.8) is 0 Å². The van der Waals surface area contributed by atoms with Crippen LogP contribution in [0.5, 0.6) is 0 Å². The Kier molecular flexibility index (Phi) is 3.32. The minimum atomic E-state index is -0.358. The van der Waals surface area contributed by atoms with Crippen molar-refractivity contribution >= 4 is 16.9 Å². The molecule has 3 nitrogen and oxygen atoms in total. The molecule has 0 amide bonds. The average molecular weight is 233 g/mol. The fourth-order valence-corrected chi connectivity index (χ4v) is 1.70. The monoisotopic (exact) mass is 233 g/mol. The number of aromatic nitrogens is 1. The lowest BCUT2D eigenvalue weighted by Crippen LogP contribution is -2.02. The van der Waals surface area contributed by atoms with Crippen LogP contribution in [0.2, 0.25) is 0 Å². The lowest BCUT2D eigenvalue weighted by molar-refractivity contribution is -0.140. The molecular formula is C13H12FNO2. The number of hydrogen-bond donors (Lipinski definition) is 0. The van der Waals surface area contributed by atoms with Crippen molar-refractivity contribution in [3.8, 4) is 0 Å². The molecule has 0 bridgehead atoms. The van der Waals surface area contributed by atoms with E-state index >= 15 is 0 Å². The minimum Gasteiger partial charge on any atom is -0.469 e. The summed E-state index contributed by atoms with van der Waals surface area (Å²) >= 11 is 0. The molecule has 2 rings (SSSR count). The van der Waals surface area contributed by atoms with Gasteiger partial charge in [0.15, 0.2) is 0 Å². The largest absolute Gasteiger partial charge is 0.469 e. The number of pyridine rings is 1. The van der Waals surface area contributed by atoms with E-state index in [1.165, 1.54) is 13.2 Å². The molecule has 0 unspecified atom stereocenters. The molecule has 2 aromatic rings. The molecule has 0 aliphatic carbocycles. The van der Waals surface area contributed by atoms with Crippen LogP contribution in [-0.2, 0) is 16.0 Å². The van der Waals surface area contributed by atoms with Crippen molar-refractivity contribution in [2.75, 3.05) is 7.11 Å². The van der Waals surface area contributed by atoms with Gasteiger partial charge >= 0.3 is 5.97 Å². The van der Waals surface area contributed by atoms with Gasteiger partial charge in [-0.05, 0) is 30.2 Å². The Balaban J connectivity index is 2.27. The molecule has 0 aliphatic rings. The van der Waals surface area contributed by atoms with Gasteiger partial charge in [-0.3, -0.25) is 9.78 Å². The van der Waals surface area contributed by atoms with Crippen molar-refractivity contribution in [2.24, 2.45) is 0 Å². The topological polar surface area (TPSA) is 39.2 Å². The van der Waals surface area contributed by atoms with E-state index in [1.807, 2.05) is 6.07 Å². The third-order valence-corrected chi connectivity index (χ3v) is 2.56. The standard InChI is InChI=1S/C13H12FNO2/c1-17-12(16)5-4-9-7-10-3-2-6-15-13(10)11(14)8-9/h2-3,6-8H,4-5H2,1H3. The van der Waals surface area contributed by atoms with Crippen molar-refractivity contribution in [3.05, 3.63) is 41.8 Å². The molecule has 1 aromatic carbocycles. The molecule has 17 heavy (non-hydrogen) atoms. The Labute approximate surface area is 98.2 Å². The van der Waals surface area contributed by atoms with Gasteiger partial charge in [0.1, 0.15) is 11.3 Å². The van der Waals surface area contributed by atoms with Crippen molar-refractivity contribution in [1.29, 1.82) is 0 Å². The highest BCUT2D eigenvalue weighted by Gasteiger charge is 2.06. The molecule has 0 N–H and O–H groups in total. The second-order valence-electron chi connectivity index (χ2n) is 3.73. The summed E-state index contributed by atoms with van der Waals surface area (Å²) in [5.74, 6) is -0.653. The summed E-state index contributed by atoms with van der Waals surface area (Å²) in [5, 5.41) is 0.743. The minimum absolute atomic E-state index is 0.252. The molecule has 0 atom stereocenters. The van der Waals surface area contributed by atoms with Crippen LogP contribution in [0.25, 0.3) is 10.9 Å². The highest BCUT2D eigenvalue weighted by Crippen LogP contribution is 2.18. The summed E-state index contributed by atoms with van der Waals surface area (Å²) in [7, 11) is 1.34. The zero-order chi connectivity index (χ0) is 12.3. The van der Waals surface area contributed by atoms with E-state index in [4.69, 9.17) is 0 Å². The van der Waals surface area contributed by atoms with E-state index in [-0.39, 0.29) is 18.2 Å². The van der Waals surface area contributed by atoms with Crippen LogP contribution in [0.4, 0.5) is 4.39 Å². The second-order valence-corrected chi connectivity index (χ2v) is 3.73. The molecule has 0 radical (unpaired) electrons. The van der Waals surface area contributed by atoms with Crippen LogP contribution in [0, 0.1) is 5.82 Å². The van der Waals surface area contributed by atoms with Gasteiger partial charge in [0, 0.05) is 18.0 Å². The number of nitrogens with zero attached hydrogens (tertiary/aromatic N) is 1. The molecule has 4 heteroatoms. The Hall–Kier alpha value is -1.97. The fraction of sp³-hybridized carbons (Fsp3) is 0.231. The number of methoxy groups -OCH3 is 1. The highest BCUT2D eigenvalue weighted by molar-refractivity contribution is 5.79. The van der Waals surface area contributed by atoms with E-state index in [2.05, 4.69) is 9.72 Å². The number of fused-ring (bicyclic) bond motifs is 1. The molecule has 0 saturated heterocycles. The maximum atomic E-state index is 13.7. The maximum Gasteiger partial charge on any atom is 0.305 e. The van der Waals surface area contributed by atoms with Crippen molar-refractivity contribution in [1.82, 2.24) is 4.98 Å². The van der Waals surface area contributed by atoms with Crippen LogP contribution in [0.1, 0.15) is 12.0 Å². The first-order valence-electron chi connectivity index (χ1n) is 5.30. The van der Waals surface area contributed by atoms with Gasteiger partial charge in [0.05, 0.1) is 7.11 Å². The molecule has 0 spiro atoms. The van der Waals surface area contributed by atoms with E-state index in [0.29, 0.717) is 11.9 Å². The maximum absolute atomic E-state index is 13.7. The van der Waals surface area contributed by atoms with Gasteiger partial charge in [0.2, 0.25) is 0 Å². The molecule has 0 aliphatic heterocycles. The van der Waals surface area contributed by atoms with Crippen LogP contribution in [0.15, 0.2) is 30.5 Å². The first-order chi connectivity index (χ1) is 8.20. The Morgan fingerprint density at radius 2 is 2.29 bits per heavy atom. The second kappa shape index (κ2) is 4.91. The summed E-state index contributed by atoms with van der Waals surface area (Å²) < 4.78 is 18.2. The predicted octanol–water partition coefficient (Wildman–Crippen LogP) is 2.48. The Morgan fingerprint density at radius 1 is 1.47 bits per heavy atom. The first-order valence-corrected chi connectivity index (χ1v) is 5.30. The van der Waals surface area contributed by atoms with Gasteiger partial charge in [-0.15, -0.1) is 0 Å². The van der Waals surface area contributed by atoms with Crippen LogP contribution >= 0.6 is 0 Å². The third kappa shape index (κ3) is 2.58. The highest BCUT2D eigenvalue weighted by atomic mass is 19.1. The number of halogens is 1. The van der Waals surface area contributed by atoms with Crippen LogP contribution in [-0.4, -0.2) is 18.1 Å². The zero-order valence-corrected chi connectivity index (χ0v) is 9.44.